The van der Waals surface area contributed by atoms with Crippen LogP contribution in [0.3, 0.4) is 0 Å². The van der Waals surface area contributed by atoms with E-state index in [-0.39, 0.29) is 0 Å². The first kappa shape index (κ1) is 12.0. The predicted octanol–water partition coefficient (Wildman–Crippen LogP) is 2.80. The Kier molecular flexibility index (Phi) is 3.31. The second-order valence-electron chi connectivity index (χ2n) is 4.68. The van der Waals surface area contributed by atoms with Gasteiger partial charge in [0.1, 0.15) is 0 Å². The summed E-state index contributed by atoms with van der Waals surface area (Å²) in [5.41, 5.74) is 2.29. The van der Waals surface area contributed by atoms with Crippen LogP contribution in [0.25, 0.3) is 0 Å². The van der Waals surface area contributed by atoms with Crippen molar-refractivity contribution in [1.29, 1.82) is 0 Å². The van der Waals surface area contributed by atoms with Crippen molar-refractivity contribution in [3.8, 4) is 11.5 Å². The summed E-state index contributed by atoms with van der Waals surface area (Å²) in [6, 6.07) is 10.1. The van der Waals surface area contributed by atoms with E-state index in [1.54, 1.807) is 0 Å². The molecular formula is C15H18N2O2. The molecule has 2 heterocycles. The molecule has 0 radical (unpaired) electrons. The molecule has 0 unspecified atom stereocenters. The average molecular weight is 258 g/mol. The molecule has 1 aliphatic heterocycles. The predicted molar refractivity (Wildman–Crippen MR) is 74.8 cm³/mol. The van der Waals surface area contributed by atoms with E-state index in [9.17, 15) is 0 Å². The summed E-state index contributed by atoms with van der Waals surface area (Å²) >= 11 is 0. The lowest BCUT2D eigenvalue weighted by Crippen LogP contribution is -2.04. The van der Waals surface area contributed by atoms with Gasteiger partial charge in [-0.3, -0.25) is 0 Å². The first-order valence-corrected chi connectivity index (χ1v) is 6.57. The van der Waals surface area contributed by atoms with Crippen molar-refractivity contribution in [1.82, 2.24) is 4.57 Å². The molecule has 0 saturated carbocycles. The molecule has 0 aliphatic carbocycles. The number of aromatic nitrogens is 1. The monoisotopic (exact) mass is 258 g/mol. The van der Waals surface area contributed by atoms with Gasteiger partial charge in [0.2, 0.25) is 0 Å². The first-order chi connectivity index (χ1) is 9.33. The van der Waals surface area contributed by atoms with Gasteiger partial charge in [-0.2, -0.15) is 0 Å². The fraction of sp³-hybridized carbons (Fsp3) is 0.333. The van der Waals surface area contributed by atoms with Crippen molar-refractivity contribution in [2.75, 3.05) is 18.5 Å². The Bertz CT molecular complexity index is 563. The number of nitrogens with zero attached hydrogens (tertiary/aromatic N) is 1. The first-order valence-electron chi connectivity index (χ1n) is 6.57. The Morgan fingerprint density at radius 2 is 2.00 bits per heavy atom. The van der Waals surface area contributed by atoms with Crippen LogP contribution in [0.5, 0.6) is 11.5 Å². The highest BCUT2D eigenvalue weighted by molar-refractivity contribution is 5.55. The number of nitrogens with one attached hydrogen (secondary N) is 1. The molecule has 0 spiro atoms. The van der Waals surface area contributed by atoms with Crippen molar-refractivity contribution >= 4 is 5.69 Å². The highest BCUT2D eigenvalue weighted by Crippen LogP contribution is 2.32. The van der Waals surface area contributed by atoms with E-state index in [0.29, 0.717) is 6.61 Å². The van der Waals surface area contributed by atoms with Crippen LogP contribution in [-0.2, 0) is 13.6 Å². The van der Waals surface area contributed by atoms with Crippen LogP contribution in [0.2, 0.25) is 0 Å². The number of ether oxygens (including phenoxy) is 2. The topological polar surface area (TPSA) is 35.4 Å². The summed E-state index contributed by atoms with van der Waals surface area (Å²) in [6.07, 6.45) is 2.98. The van der Waals surface area contributed by atoms with Crippen LogP contribution in [0.15, 0.2) is 36.5 Å². The van der Waals surface area contributed by atoms with Gasteiger partial charge < -0.3 is 19.4 Å². The third kappa shape index (κ3) is 2.67. The van der Waals surface area contributed by atoms with Crippen LogP contribution >= 0.6 is 0 Å². The standard InChI is InChI=1S/C15H18N2O2/c1-17-7-2-4-13(17)11-16-12-5-6-14-15(10-12)19-9-3-8-18-14/h2,4-7,10,16H,3,8-9,11H2,1H3. The molecule has 1 aliphatic rings. The molecule has 0 fully saturated rings. The highest BCUT2D eigenvalue weighted by Gasteiger charge is 2.10. The maximum atomic E-state index is 5.68. The lowest BCUT2D eigenvalue weighted by Gasteiger charge is -2.11. The number of hydrogen-bond acceptors (Lipinski definition) is 3. The summed E-state index contributed by atoms with van der Waals surface area (Å²) in [7, 11) is 2.05. The summed E-state index contributed by atoms with van der Waals surface area (Å²) in [5, 5.41) is 3.40. The van der Waals surface area contributed by atoms with Gasteiger partial charge in [-0.05, 0) is 24.3 Å². The van der Waals surface area contributed by atoms with Crippen molar-refractivity contribution in [2.24, 2.45) is 7.05 Å². The minimum atomic E-state index is 0.717. The Hall–Kier alpha value is -2.10. The maximum absolute atomic E-state index is 5.68. The highest BCUT2D eigenvalue weighted by atomic mass is 16.5. The van der Waals surface area contributed by atoms with Gasteiger partial charge in [0, 0.05) is 37.1 Å². The molecule has 100 valence electrons. The third-order valence-corrected chi connectivity index (χ3v) is 3.27. The number of hydrogen-bond donors (Lipinski definition) is 1. The summed E-state index contributed by atoms with van der Waals surface area (Å²) in [6.45, 7) is 2.24. The van der Waals surface area contributed by atoms with Gasteiger partial charge in [0.15, 0.2) is 11.5 Å². The molecule has 0 amide bonds. The van der Waals surface area contributed by atoms with E-state index >= 15 is 0 Å². The SMILES string of the molecule is Cn1cccc1CNc1ccc2c(c1)OCCCO2. The Labute approximate surface area is 113 Å². The van der Waals surface area contributed by atoms with E-state index in [1.165, 1.54) is 5.69 Å². The van der Waals surface area contributed by atoms with E-state index in [2.05, 4.69) is 16.0 Å². The maximum Gasteiger partial charge on any atom is 0.163 e. The molecule has 4 nitrogen and oxygen atoms in total. The Morgan fingerprint density at radius 3 is 2.79 bits per heavy atom. The Morgan fingerprint density at radius 1 is 1.16 bits per heavy atom. The molecule has 1 aromatic heterocycles. The molecule has 19 heavy (non-hydrogen) atoms. The van der Waals surface area contributed by atoms with Gasteiger partial charge in [0.05, 0.1) is 19.8 Å². The summed E-state index contributed by atoms with van der Waals surface area (Å²) < 4.78 is 13.4. The number of benzene rings is 1. The van der Waals surface area contributed by atoms with E-state index in [1.807, 2.05) is 37.5 Å². The largest absolute Gasteiger partial charge is 0.490 e. The van der Waals surface area contributed by atoms with Gasteiger partial charge in [-0.25, -0.2) is 0 Å². The molecule has 1 aromatic carbocycles. The van der Waals surface area contributed by atoms with Crippen molar-refractivity contribution in [3.05, 3.63) is 42.2 Å². The second kappa shape index (κ2) is 5.26. The fourth-order valence-electron chi connectivity index (χ4n) is 2.15. The Balaban J connectivity index is 1.72. The summed E-state index contributed by atoms with van der Waals surface area (Å²) in [5.74, 6) is 1.66. The molecule has 4 heteroatoms. The average Bonchev–Trinajstić information content (AvgIpc) is 2.70. The minimum Gasteiger partial charge on any atom is -0.490 e. The van der Waals surface area contributed by atoms with Crippen molar-refractivity contribution in [2.45, 2.75) is 13.0 Å². The van der Waals surface area contributed by atoms with Gasteiger partial charge in [-0.15, -0.1) is 0 Å². The molecular weight excluding hydrogens is 240 g/mol. The molecule has 1 N–H and O–H groups in total. The minimum absolute atomic E-state index is 0.717. The quantitative estimate of drug-likeness (QED) is 0.919. The zero-order valence-electron chi connectivity index (χ0n) is 11.1. The van der Waals surface area contributed by atoms with Crippen molar-refractivity contribution < 1.29 is 9.47 Å². The third-order valence-electron chi connectivity index (χ3n) is 3.27. The van der Waals surface area contributed by atoms with Crippen LogP contribution < -0.4 is 14.8 Å². The molecule has 0 bridgehead atoms. The molecule has 2 aromatic rings. The van der Waals surface area contributed by atoms with E-state index in [4.69, 9.17) is 9.47 Å². The van der Waals surface area contributed by atoms with E-state index < -0.39 is 0 Å². The number of rotatable bonds is 3. The zero-order valence-corrected chi connectivity index (χ0v) is 11.1. The number of fused-ring (bicyclic) bond motifs is 1. The lowest BCUT2D eigenvalue weighted by atomic mass is 10.2. The van der Waals surface area contributed by atoms with Crippen LogP contribution in [0.1, 0.15) is 12.1 Å². The smallest absolute Gasteiger partial charge is 0.163 e. The summed E-state index contributed by atoms with van der Waals surface area (Å²) in [4.78, 5) is 0. The zero-order chi connectivity index (χ0) is 13.1. The normalized spacial score (nSPS) is 13.9. The van der Waals surface area contributed by atoms with Gasteiger partial charge in [-0.1, -0.05) is 0 Å². The molecule has 0 atom stereocenters. The van der Waals surface area contributed by atoms with Crippen LogP contribution in [-0.4, -0.2) is 17.8 Å². The van der Waals surface area contributed by atoms with E-state index in [0.717, 1.165) is 36.8 Å². The fourth-order valence-corrected chi connectivity index (χ4v) is 2.15. The van der Waals surface area contributed by atoms with Crippen LogP contribution in [0.4, 0.5) is 5.69 Å². The number of aryl methyl sites for hydroxylation is 1. The molecule has 0 saturated heterocycles. The van der Waals surface area contributed by atoms with Gasteiger partial charge in [0.25, 0.3) is 0 Å². The molecule has 3 rings (SSSR count). The number of anilines is 1. The van der Waals surface area contributed by atoms with Crippen molar-refractivity contribution in [3.63, 3.8) is 0 Å². The second-order valence-corrected chi connectivity index (χ2v) is 4.68. The van der Waals surface area contributed by atoms with Crippen LogP contribution in [0, 0.1) is 0 Å². The van der Waals surface area contributed by atoms with Gasteiger partial charge >= 0.3 is 0 Å². The lowest BCUT2D eigenvalue weighted by molar-refractivity contribution is 0.297.